The first kappa shape index (κ1) is 17.5. The largest absolute Gasteiger partial charge is 0.465 e. The Bertz CT molecular complexity index is 712. The van der Waals surface area contributed by atoms with Crippen LogP contribution in [0.5, 0.6) is 0 Å². The average molecular weight is 327 g/mol. The molecule has 0 aliphatic carbocycles. The van der Waals surface area contributed by atoms with E-state index in [0.717, 1.165) is 12.2 Å². The zero-order chi connectivity index (χ0) is 17.5. The van der Waals surface area contributed by atoms with Crippen molar-refractivity contribution in [2.75, 3.05) is 24.3 Å². The van der Waals surface area contributed by atoms with Crippen molar-refractivity contribution in [1.82, 2.24) is 4.98 Å². The fourth-order valence-electron chi connectivity index (χ4n) is 1.99. The lowest BCUT2D eigenvalue weighted by atomic mass is 10.2. The minimum absolute atomic E-state index is 0.300. The van der Waals surface area contributed by atoms with E-state index < -0.39 is 5.97 Å². The second-order valence-electron chi connectivity index (χ2n) is 5.73. The van der Waals surface area contributed by atoms with Gasteiger partial charge in [-0.3, -0.25) is 4.79 Å². The molecule has 2 aromatic rings. The molecule has 0 fully saturated rings. The number of anilines is 2. The van der Waals surface area contributed by atoms with Crippen LogP contribution in [0.15, 0.2) is 42.6 Å². The van der Waals surface area contributed by atoms with Crippen LogP contribution in [0.4, 0.5) is 11.4 Å². The number of hydrogen-bond acceptors (Lipinski definition) is 5. The standard InChI is InChI=1S/C18H21N3O3/c1-12(2)10-19-15-7-8-16(20-11-15)17(22)21-14-6-4-5-13(9-14)18(23)24-3/h4-9,11-12,19H,10H2,1-3H3,(H,21,22). The van der Waals surface area contributed by atoms with E-state index in [-0.39, 0.29) is 5.91 Å². The van der Waals surface area contributed by atoms with Gasteiger partial charge in [-0.25, -0.2) is 9.78 Å². The van der Waals surface area contributed by atoms with Crippen LogP contribution >= 0.6 is 0 Å². The first-order chi connectivity index (χ1) is 11.5. The number of aromatic nitrogens is 1. The van der Waals surface area contributed by atoms with Crippen molar-refractivity contribution >= 4 is 23.3 Å². The minimum atomic E-state index is -0.454. The molecule has 1 aromatic carbocycles. The molecule has 0 radical (unpaired) electrons. The van der Waals surface area contributed by atoms with Crippen molar-refractivity contribution in [3.63, 3.8) is 0 Å². The van der Waals surface area contributed by atoms with E-state index in [4.69, 9.17) is 0 Å². The Morgan fingerprint density at radius 3 is 2.58 bits per heavy atom. The molecule has 2 rings (SSSR count). The highest BCUT2D eigenvalue weighted by Gasteiger charge is 2.10. The van der Waals surface area contributed by atoms with Gasteiger partial charge in [0.2, 0.25) is 0 Å². The van der Waals surface area contributed by atoms with Crippen molar-refractivity contribution in [1.29, 1.82) is 0 Å². The fraction of sp³-hybridized carbons (Fsp3) is 0.278. The summed E-state index contributed by atoms with van der Waals surface area (Å²) in [5.41, 5.74) is 2.05. The van der Waals surface area contributed by atoms with Gasteiger partial charge in [-0.05, 0) is 36.2 Å². The summed E-state index contributed by atoms with van der Waals surface area (Å²) < 4.78 is 4.66. The number of hydrogen-bond donors (Lipinski definition) is 2. The van der Waals surface area contributed by atoms with E-state index in [2.05, 4.69) is 34.2 Å². The van der Waals surface area contributed by atoms with Crippen LogP contribution in [0.2, 0.25) is 0 Å². The number of benzene rings is 1. The summed E-state index contributed by atoms with van der Waals surface area (Å²) in [5.74, 6) is -0.271. The monoisotopic (exact) mass is 327 g/mol. The molecule has 126 valence electrons. The van der Waals surface area contributed by atoms with Crippen molar-refractivity contribution < 1.29 is 14.3 Å². The number of carbonyl (C=O) groups is 2. The maximum Gasteiger partial charge on any atom is 0.337 e. The van der Waals surface area contributed by atoms with E-state index >= 15 is 0 Å². The van der Waals surface area contributed by atoms with E-state index in [1.807, 2.05) is 6.07 Å². The Morgan fingerprint density at radius 1 is 1.17 bits per heavy atom. The topological polar surface area (TPSA) is 80.3 Å². The summed E-state index contributed by atoms with van der Waals surface area (Å²) in [5, 5.41) is 5.96. The minimum Gasteiger partial charge on any atom is -0.465 e. The van der Waals surface area contributed by atoms with Gasteiger partial charge in [0.15, 0.2) is 0 Å². The van der Waals surface area contributed by atoms with Gasteiger partial charge in [-0.2, -0.15) is 0 Å². The number of esters is 1. The van der Waals surface area contributed by atoms with Gasteiger partial charge >= 0.3 is 5.97 Å². The maximum atomic E-state index is 12.2. The summed E-state index contributed by atoms with van der Waals surface area (Å²) in [7, 11) is 1.31. The van der Waals surface area contributed by atoms with Crippen LogP contribution in [0.3, 0.4) is 0 Å². The molecule has 0 atom stereocenters. The quantitative estimate of drug-likeness (QED) is 0.797. The highest BCUT2D eigenvalue weighted by Crippen LogP contribution is 2.13. The lowest BCUT2D eigenvalue weighted by Crippen LogP contribution is -2.14. The van der Waals surface area contributed by atoms with Gasteiger partial charge in [0.1, 0.15) is 5.69 Å². The van der Waals surface area contributed by atoms with Crippen molar-refractivity contribution in [3.8, 4) is 0 Å². The van der Waals surface area contributed by atoms with Gasteiger partial charge in [0.05, 0.1) is 24.6 Å². The second kappa shape index (κ2) is 8.10. The van der Waals surface area contributed by atoms with E-state index in [1.165, 1.54) is 7.11 Å². The van der Waals surface area contributed by atoms with Gasteiger partial charge in [0, 0.05) is 12.2 Å². The van der Waals surface area contributed by atoms with Crippen LogP contribution in [0, 0.1) is 5.92 Å². The first-order valence-corrected chi connectivity index (χ1v) is 7.69. The lowest BCUT2D eigenvalue weighted by Gasteiger charge is -2.09. The van der Waals surface area contributed by atoms with Crippen LogP contribution in [0.25, 0.3) is 0 Å². The predicted octanol–water partition coefficient (Wildman–Crippen LogP) is 3.19. The number of nitrogens with zero attached hydrogens (tertiary/aromatic N) is 1. The Labute approximate surface area is 141 Å². The molecule has 1 aromatic heterocycles. The molecule has 1 amide bonds. The Morgan fingerprint density at radius 2 is 1.96 bits per heavy atom. The Balaban J connectivity index is 2.03. The summed E-state index contributed by atoms with van der Waals surface area (Å²) >= 11 is 0. The molecular formula is C18H21N3O3. The fourth-order valence-corrected chi connectivity index (χ4v) is 1.99. The van der Waals surface area contributed by atoms with Gasteiger partial charge in [-0.1, -0.05) is 19.9 Å². The van der Waals surface area contributed by atoms with Crippen molar-refractivity contribution in [2.45, 2.75) is 13.8 Å². The number of carbonyl (C=O) groups excluding carboxylic acids is 2. The third-order valence-electron chi connectivity index (χ3n) is 3.25. The highest BCUT2D eigenvalue weighted by molar-refractivity contribution is 6.03. The molecule has 6 nitrogen and oxygen atoms in total. The summed E-state index contributed by atoms with van der Waals surface area (Å²) in [6.07, 6.45) is 1.63. The zero-order valence-electron chi connectivity index (χ0n) is 14.0. The van der Waals surface area contributed by atoms with Crippen LogP contribution in [-0.2, 0) is 4.74 Å². The molecule has 2 N–H and O–H groups in total. The van der Waals surface area contributed by atoms with E-state index in [0.29, 0.717) is 22.9 Å². The van der Waals surface area contributed by atoms with Crippen LogP contribution < -0.4 is 10.6 Å². The number of ether oxygens (including phenoxy) is 1. The number of amides is 1. The lowest BCUT2D eigenvalue weighted by molar-refractivity contribution is 0.0600. The highest BCUT2D eigenvalue weighted by atomic mass is 16.5. The Hall–Kier alpha value is -2.89. The van der Waals surface area contributed by atoms with Crippen molar-refractivity contribution in [3.05, 3.63) is 53.9 Å². The molecule has 0 aliphatic rings. The average Bonchev–Trinajstić information content (AvgIpc) is 2.59. The zero-order valence-corrected chi connectivity index (χ0v) is 14.0. The van der Waals surface area contributed by atoms with Crippen LogP contribution in [-0.4, -0.2) is 30.5 Å². The maximum absolute atomic E-state index is 12.2. The molecular weight excluding hydrogens is 306 g/mol. The summed E-state index contributed by atoms with van der Waals surface area (Å²) in [4.78, 5) is 27.9. The normalized spacial score (nSPS) is 10.3. The van der Waals surface area contributed by atoms with Crippen molar-refractivity contribution in [2.24, 2.45) is 5.92 Å². The predicted molar refractivity (Wildman–Crippen MR) is 93.3 cm³/mol. The molecule has 24 heavy (non-hydrogen) atoms. The molecule has 0 spiro atoms. The van der Waals surface area contributed by atoms with Gasteiger partial charge in [-0.15, -0.1) is 0 Å². The second-order valence-corrected chi connectivity index (χ2v) is 5.73. The molecule has 6 heteroatoms. The number of rotatable bonds is 6. The molecule has 0 saturated carbocycles. The molecule has 1 heterocycles. The first-order valence-electron chi connectivity index (χ1n) is 7.69. The number of nitrogens with one attached hydrogen (secondary N) is 2. The smallest absolute Gasteiger partial charge is 0.337 e. The van der Waals surface area contributed by atoms with Gasteiger partial charge in [0.25, 0.3) is 5.91 Å². The molecule has 0 aliphatic heterocycles. The van der Waals surface area contributed by atoms with E-state index in [1.54, 1.807) is 36.5 Å². The van der Waals surface area contributed by atoms with E-state index in [9.17, 15) is 9.59 Å². The third kappa shape index (κ3) is 4.81. The summed E-state index contributed by atoms with van der Waals surface area (Å²) in [6.45, 7) is 5.07. The summed E-state index contributed by atoms with van der Waals surface area (Å²) in [6, 6.07) is 10.0. The molecule has 0 bridgehead atoms. The number of pyridine rings is 1. The van der Waals surface area contributed by atoms with Gasteiger partial charge < -0.3 is 15.4 Å². The molecule has 0 saturated heterocycles. The van der Waals surface area contributed by atoms with Crippen LogP contribution in [0.1, 0.15) is 34.7 Å². The Kier molecular flexibility index (Phi) is 5.89. The SMILES string of the molecule is COC(=O)c1cccc(NC(=O)c2ccc(NCC(C)C)cn2)c1. The third-order valence-corrected chi connectivity index (χ3v) is 3.25. The molecule has 0 unspecified atom stereocenters. The number of methoxy groups -OCH3 is 1.